The Hall–Kier alpha value is -0.670. The van der Waals surface area contributed by atoms with E-state index in [4.69, 9.17) is 5.73 Å². The molecule has 0 spiro atoms. The first-order valence-electron chi connectivity index (χ1n) is 3.94. The lowest BCUT2D eigenvalue weighted by atomic mass is 10.1. The highest BCUT2D eigenvalue weighted by atomic mass is 32.1. The van der Waals surface area contributed by atoms with E-state index in [1.807, 2.05) is 25.3 Å². The van der Waals surface area contributed by atoms with E-state index in [2.05, 4.69) is 0 Å². The van der Waals surface area contributed by atoms with E-state index in [-0.39, 0.29) is 11.8 Å². The van der Waals surface area contributed by atoms with Gasteiger partial charge in [-0.25, -0.2) is 0 Å². The minimum absolute atomic E-state index is 0.0426. The summed E-state index contributed by atoms with van der Waals surface area (Å²) >= 11 is 1.49. The van der Waals surface area contributed by atoms with Gasteiger partial charge in [-0.05, 0) is 30.9 Å². The van der Waals surface area contributed by atoms with Crippen molar-refractivity contribution in [3.63, 3.8) is 0 Å². The molecule has 0 amide bonds. The number of nitrogens with two attached hydrogens (primary N) is 1. The lowest BCUT2D eigenvalue weighted by Gasteiger charge is -2.02. The molecule has 1 atom stereocenters. The molecule has 3 heteroatoms. The van der Waals surface area contributed by atoms with Gasteiger partial charge >= 0.3 is 0 Å². The second-order valence-corrected chi connectivity index (χ2v) is 3.95. The highest BCUT2D eigenvalue weighted by Crippen LogP contribution is 2.17. The molecule has 0 aliphatic heterocycles. The summed E-state index contributed by atoms with van der Waals surface area (Å²) < 4.78 is 0. The molecular formula is C9H13NOS. The van der Waals surface area contributed by atoms with E-state index in [1.165, 1.54) is 11.3 Å². The summed E-state index contributed by atoms with van der Waals surface area (Å²) in [6.07, 6.45) is 0.446. The fourth-order valence-corrected chi connectivity index (χ4v) is 1.92. The van der Waals surface area contributed by atoms with Gasteiger partial charge in [0.2, 0.25) is 0 Å². The first kappa shape index (κ1) is 9.42. The van der Waals surface area contributed by atoms with Crippen molar-refractivity contribution < 1.29 is 4.79 Å². The van der Waals surface area contributed by atoms with Crippen molar-refractivity contribution in [3.05, 3.63) is 21.9 Å². The fourth-order valence-electron chi connectivity index (χ4n) is 1.04. The largest absolute Gasteiger partial charge is 0.328 e. The SMILES string of the molecule is Cc1ccsc1C(=O)CC(C)N. The Kier molecular flexibility index (Phi) is 3.00. The average molecular weight is 183 g/mol. The summed E-state index contributed by atoms with van der Waals surface area (Å²) in [5.41, 5.74) is 6.59. The second-order valence-electron chi connectivity index (χ2n) is 3.04. The van der Waals surface area contributed by atoms with Crippen molar-refractivity contribution >= 4 is 17.1 Å². The number of Topliss-reactive ketones (excluding diaryl/α,β-unsaturated/α-hetero) is 1. The van der Waals surface area contributed by atoms with Crippen LogP contribution in [-0.4, -0.2) is 11.8 Å². The molecule has 0 aliphatic carbocycles. The number of carbonyl (C=O) groups excluding carboxylic acids is 1. The zero-order valence-electron chi connectivity index (χ0n) is 7.33. The van der Waals surface area contributed by atoms with E-state index >= 15 is 0 Å². The third kappa shape index (κ3) is 2.16. The number of aryl methyl sites for hydroxylation is 1. The van der Waals surface area contributed by atoms with E-state index in [9.17, 15) is 4.79 Å². The van der Waals surface area contributed by atoms with Crippen LogP contribution in [0.15, 0.2) is 11.4 Å². The molecule has 0 aliphatic rings. The maximum atomic E-state index is 11.5. The molecule has 1 aromatic rings. The molecule has 1 rings (SSSR count). The Bertz CT molecular complexity index is 278. The Balaban J connectivity index is 2.72. The van der Waals surface area contributed by atoms with Crippen LogP contribution in [0.2, 0.25) is 0 Å². The summed E-state index contributed by atoms with van der Waals surface area (Å²) in [7, 11) is 0. The average Bonchev–Trinajstić information content (AvgIpc) is 2.33. The normalized spacial score (nSPS) is 12.9. The maximum Gasteiger partial charge on any atom is 0.174 e. The Morgan fingerprint density at radius 1 is 1.75 bits per heavy atom. The van der Waals surface area contributed by atoms with E-state index < -0.39 is 0 Å². The van der Waals surface area contributed by atoms with Crippen LogP contribution in [0, 0.1) is 6.92 Å². The Labute approximate surface area is 76.4 Å². The van der Waals surface area contributed by atoms with Crippen LogP contribution in [0.5, 0.6) is 0 Å². The van der Waals surface area contributed by atoms with Crippen molar-refractivity contribution in [2.24, 2.45) is 5.73 Å². The van der Waals surface area contributed by atoms with Gasteiger partial charge in [0, 0.05) is 12.5 Å². The third-order valence-electron chi connectivity index (χ3n) is 1.62. The van der Waals surface area contributed by atoms with E-state index in [0.717, 1.165) is 10.4 Å². The molecule has 12 heavy (non-hydrogen) atoms. The maximum absolute atomic E-state index is 11.5. The number of thiophene rings is 1. The lowest BCUT2D eigenvalue weighted by Crippen LogP contribution is -2.19. The van der Waals surface area contributed by atoms with Gasteiger partial charge in [0.25, 0.3) is 0 Å². The topological polar surface area (TPSA) is 43.1 Å². The molecule has 1 unspecified atom stereocenters. The molecule has 0 radical (unpaired) electrons. The van der Waals surface area contributed by atoms with Gasteiger partial charge in [0.1, 0.15) is 0 Å². The Morgan fingerprint density at radius 3 is 2.83 bits per heavy atom. The van der Waals surface area contributed by atoms with Crippen LogP contribution in [0.4, 0.5) is 0 Å². The molecule has 0 aromatic carbocycles. The van der Waals surface area contributed by atoms with Crippen molar-refractivity contribution in [2.45, 2.75) is 26.3 Å². The molecule has 0 fully saturated rings. The summed E-state index contributed by atoms with van der Waals surface area (Å²) in [6.45, 7) is 3.80. The first-order valence-corrected chi connectivity index (χ1v) is 4.82. The highest BCUT2D eigenvalue weighted by molar-refractivity contribution is 7.12. The lowest BCUT2D eigenvalue weighted by molar-refractivity contribution is 0.0980. The van der Waals surface area contributed by atoms with Crippen molar-refractivity contribution in [1.29, 1.82) is 0 Å². The quantitative estimate of drug-likeness (QED) is 0.728. The van der Waals surface area contributed by atoms with Gasteiger partial charge in [0.15, 0.2) is 5.78 Å². The van der Waals surface area contributed by atoms with Crippen molar-refractivity contribution in [3.8, 4) is 0 Å². The standard InChI is InChI=1S/C9H13NOS/c1-6-3-4-12-9(6)8(11)5-7(2)10/h3-4,7H,5,10H2,1-2H3. The molecule has 0 bridgehead atoms. The van der Waals surface area contributed by atoms with Crippen LogP contribution >= 0.6 is 11.3 Å². The van der Waals surface area contributed by atoms with Gasteiger partial charge in [-0.3, -0.25) is 4.79 Å². The van der Waals surface area contributed by atoms with E-state index in [1.54, 1.807) is 0 Å². The predicted molar refractivity (Wildman–Crippen MR) is 51.7 cm³/mol. The highest BCUT2D eigenvalue weighted by Gasteiger charge is 2.11. The minimum atomic E-state index is -0.0426. The van der Waals surface area contributed by atoms with Crippen LogP contribution in [0.3, 0.4) is 0 Å². The van der Waals surface area contributed by atoms with Gasteiger partial charge in [-0.15, -0.1) is 11.3 Å². The molecule has 1 heterocycles. The summed E-state index contributed by atoms with van der Waals surface area (Å²) in [5.74, 6) is 0.164. The van der Waals surface area contributed by atoms with Crippen LogP contribution in [-0.2, 0) is 0 Å². The number of rotatable bonds is 3. The summed E-state index contributed by atoms with van der Waals surface area (Å²) in [5, 5.41) is 1.93. The van der Waals surface area contributed by atoms with Crippen LogP contribution in [0.25, 0.3) is 0 Å². The third-order valence-corrected chi connectivity index (χ3v) is 2.68. The van der Waals surface area contributed by atoms with Crippen LogP contribution < -0.4 is 5.73 Å². The molecule has 2 nitrogen and oxygen atoms in total. The van der Waals surface area contributed by atoms with Crippen molar-refractivity contribution in [2.75, 3.05) is 0 Å². The van der Waals surface area contributed by atoms with E-state index in [0.29, 0.717) is 6.42 Å². The number of hydrogen-bond acceptors (Lipinski definition) is 3. The molecule has 2 N–H and O–H groups in total. The monoisotopic (exact) mass is 183 g/mol. The molecule has 0 saturated heterocycles. The van der Waals surface area contributed by atoms with Gasteiger partial charge in [0.05, 0.1) is 4.88 Å². The summed E-state index contributed by atoms with van der Waals surface area (Å²) in [6, 6.07) is 1.91. The molecular weight excluding hydrogens is 170 g/mol. The molecule has 66 valence electrons. The van der Waals surface area contributed by atoms with Gasteiger partial charge in [-0.1, -0.05) is 0 Å². The minimum Gasteiger partial charge on any atom is -0.328 e. The second kappa shape index (κ2) is 3.83. The molecule has 0 saturated carbocycles. The van der Waals surface area contributed by atoms with Crippen molar-refractivity contribution in [1.82, 2.24) is 0 Å². The van der Waals surface area contributed by atoms with Crippen LogP contribution in [0.1, 0.15) is 28.6 Å². The zero-order valence-corrected chi connectivity index (χ0v) is 8.15. The van der Waals surface area contributed by atoms with Gasteiger partial charge in [-0.2, -0.15) is 0 Å². The predicted octanol–water partition coefficient (Wildman–Crippen LogP) is 1.98. The number of hydrogen-bond donors (Lipinski definition) is 1. The first-order chi connectivity index (χ1) is 5.61. The number of carbonyl (C=O) groups is 1. The van der Waals surface area contributed by atoms with Gasteiger partial charge < -0.3 is 5.73 Å². The summed E-state index contributed by atoms with van der Waals surface area (Å²) in [4.78, 5) is 12.3. The smallest absolute Gasteiger partial charge is 0.174 e. The fraction of sp³-hybridized carbons (Fsp3) is 0.444. The Morgan fingerprint density at radius 2 is 2.42 bits per heavy atom. The zero-order chi connectivity index (χ0) is 9.14. The number of ketones is 1. The molecule has 1 aromatic heterocycles.